The number of aliphatic imine (C=N–C) groups is 1. The molecule has 0 aromatic carbocycles. The van der Waals surface area contributed by atoms with Crippen LogP contribution in [-0.2, 0) is 9.47 Å². The molecule has 0 amide bonds. The summed E-state index contributed by atoms with van der Waals surface area (Å²) >= 11 is 0. The van der Waals surface area contributed by atoms with Gasteiger partial charge in [-0.25, -0.2) is 0 Å². The van der Waals surface area contributed by atoms with Crippen LogP contribution in [0.15, 0.2) is 4.99 Å². The van der Waals surface area contributed by atoms with E-state index in [1.807, 2.05) is 0 Å². The molecular formula is C20H41IN4O2. The standard InChI is InChI=1S/C20H40N4O2.HI/c1-4-21-20(22-11-8-13-26-19-9-6-5-7-10-19)23-15-17(2)24-12-14-25-16-18(24)3;/h17-19H,4-16H2,1-3H3,(H2,21,22,23);1H. The average Bonchev–Trinajstić information content (AvgIpc) is 2.66. The van der Waals surface area contributed by atoms with Crippen LogP contribution >= 0.6 is 24.0 Å². The topological polar surface area (TPSA) is 58.1 Å². The van der Waals surface area contributed by atoms with Crippen molar-refractivity contribution in [2.75, 3.05) is 46.0 Å². The summed E-state index contributed by atoms with van der Waals surface area (Å²) in [6, 6.07) is 0.903. The van der Waals surface area contributed by atoms with Crippen molar-refractivity contribution < 1.29 is 9.47 Å². The minimum atomic E-state index is 0. The number of rotatable bonds is 9. The molecule has 0 aromatic heterocycles. The van der Waals surface area contributed by atoms with E-state index in [0.717, 1.165) is 58.4 Å². The Morgan fingerprint density at radius 3 is 2.74 bits per heavy atom. The number of morpholine rings is 1. The molecule has 1 aliphatic heterocycles. The molecule has 0 bridgehead atoms. The van der Waals surface area contributed by atoms with Gasteiger partial charge in [0, 0.05) is 38.3 Å². The molecule has 2 N–H and O–H groups in total. The maximum Gasteiger partial charge on any atom is 0.191 e. The summed E-state index contributed by atoms with van der Waals surface area (Å²) in [5.41, 5.74) is 0. The SMILES string of the molecule is CCNC(=NCC(C)N1CCOCC1C)NCCCOC1CCCCC1.I. The first-order valence-corrected chi connectivity index (χ1v) is 10.7. The van der Waals surface area contributed by atoms with Crippen molar-refractivity contribution in [2.45, 2.75) is 77.5 Å². The third-order valence-electron chi connectivity index (χ3n) is 5.36. The molecule has 2 aliphatic rings. The Labute approximate surface area is 183 Å². The van der Waals surface area contributed by atoms with Gasteiger partial charge in [-0.15, -0.1) is 24.0 Å². The van der Waals surface area contributed by atoms with Crippen molar-refractivity contribution in [2.24, 2.45) is 4.99 Å². The van der Waals surface area contributed by atoms with Crippen LogP contribution in [0.25, 0.3) is 0 Å². The second-order valence-electron chi connectivity index (χ2n) is 7.64. The Kier molecular flexibility index (Phi) is 13.7. The van der Waals surface area contributed by atoms with E-state index in [-0.39, 0.29) is 24.0 Å². The van der Waals surface area contributed by atoms with Gasteiger partial charge in [-0.1, -0.05) is 19.3 Å². The summed E-state index contributed by atoms with van der Waals surface area (Å²) in [6.45, 7) is 12.7. The molecule has 160 valence electrons. The van der Waals surface area contributed by atoms with Gasteiger partial charge >= 0.3 is 0 Å². The molecule has 1 saturated carbocycles. The van der Waals surface area contributed by atoms with E-state index < -0.39 is 0 Å². The van der Waals surface area contributed by atoms with Gasteiger partial charge in [0.05, 0.1) is 25.9 Å². The normalized spacial score (nSPS) is 23.5. The van der Waals surface area contributed by atoms with Gasteiger partial charge in [0.2, 0.25) is 0 Å². The average molecular weight is 496 g/mol. The quantitative estimate of drug-likeness (QED) is 0.223. The molecule has 2 rings (SSSR count). The highest BCUT2D eigenvalue weighted by Crippen LogP contribution is 2.20. The Bertz CT molecular complexity index is 405. The molecule has 2 unspecified atom stereocenters. The van der Waals surface area contributed by atoms with E-state index in [4.69, 9.17) is 14.5 Å². The van der Waals surface area contributed by atoms with Crippen molar-refractivity contribution in [1.82, 2.24) is 15.5 Å². The molecule has 1 heterocycles. The zero-order valence-corrected chi connectivity index (χ0v) is 19.9. The number of hydrogen-bond acceptors (Lipinski definition) is 4. The van der Waals surface area contributed by atoms with Gasteiger partial charge in [-0.2, -0.15) is 0 Å². The monoisotopic (exact) mass is 496 g/mol. The number of halogens is 1. The maximum atomic E-state index is 6.00. The molecular weight excluding hydrogens is 455 g/mol. The first kappa shape index (κ1) is 24.9. The largest absolute Gasteiger partial charge is 0.379 e. The predicted molar refractivity (Wildman–Crippen MR) is 123 cm³/mol. The highest BCUT2D eigenvalue weighted by atomic mass is 127. The molecule has 7 heteroatoms. The predicted octanol–water partition coefficient (Wildman–Crippen LogP) is 3.01. The summed E-state index contributed by atoms with van der Waals surface area (Å²) in [7, 11) is 0. The van der Waals surface area contributed by atoms with Crippen LogP contribution in [0.2, 0.25) is 0 Å². The fourth-order valence-corrected chi connectivity index (χ4v) is 3.83. The number of ether oxygens (including phenoxy) is 2. The third kappa shape index (κ3) is 9.76. The molecule has 2 fully saturated rings. The van der Waals surface area contributed by atoms with Crippen LogP contribution in [0.5, 0.6) is 0 Å². The molecule has 1 aliphatic carbocycles. The Morgan fingerprint density at radius 2 is 2.04 bits per heavy atom. The van der Waals surface area contributed by atoms with Crippen molar-refractivity contribution in [3.05, 3.63) is 0 Å². The fraction of sp³-hybridized carbons (Fsp3) is 0.950. The van der Waals surface area contributed by atoms with E-state index >= 15 is 0 Å². The van der Waals surface area contributed by atoms with Crippen molar-refractivity contribution in [3.8, 4) is 0 Å². The molecule has 27 heavy (non-hydrogen) atoms. The number of nitrogens with one attached hydrogen (secondary N) is 2. The fourth-order valence-electron chi connectivity index (χ4n) is 3.83. The van der Waals surface area contributed by atoms with Crippen LogP contribution in [0, 0.1) is 0 Å². The smallest absolute Gasteiger partial charge is 0.191 e. The lowest BCUT2D eigenvalue weighted by molar-refractivity contribution is -0.0165. The number of hydrogen-bond donors (Lipinski definition) is 2. The zero-order valence-electron chi connectivity index (χ0n) is 17.5. The minimum absolute atomic E-state index is 0. The van der Waals surface area contributed by atoms with Gasteiger partial charge < -0.3 is 20.1 Å². The van der Waals surface area contributed by atoms with E-state index in [2.05, 4.69) is 36.3 Å². The second kappa shape index (κ2) is 14.8. The third-order valence-corrected chi connectivity index (χ3v) is 5.36. The van der Waals surface area contributed by atoms with E-state index in [9.17, 15) is 0 Å². The Hall–Kier alpha value is -0.120. The maximum absolute atomic E-state index is 6.00. The zero-order chi connectivity index (χ0) is 18.6. The molecule has 1 saturated heterocycles. The Balaban J connectivity index is 0.00000364. The van der Waals surface area contributed by atoms with E-state index in [0.29, 0.717) is 18.2 Å². The molecule has 0 radical (unpaired) electrons. The van der Waals surface area contributed by atoms with Gasteiger partial charge in [-0.05, 0) is 40.0 Å². The van der Waals surface area contributed by atoms with E-state index in [1.54, 1.807) is 0 Å². The second-order valence-corrected chi connectivity index (χ2v) is 7.64. The van der Waals surface area contributed by atoms with Crippen LogP contribution in [-0.4, -0.2) is 75.0 Å². The molecule has 0 aromatic rings. The van der Waals surface area contributed by atoms with Gasteiger partial charge in [0.1, 0.15) is 0 Å². The highest BCUT2D eigenvalue weighted by molar-refractivity contribution is 14.0. The lowest BCUT2D eigenvalue weighted by atomic mass is 9.98. The van der Waals surface area contributed by atoms with Crippen molar-refractivity contribution in [3.63, 3.8) is 0 Å². The number of nitrogens with zero attached hydrogens (tertiary/aromatic N) is 2. The van der Waals surface area contributed by atoms with Crippen molar-refractivity contribution in [1.29, 1.82) is 0 Å². The van der Waals surface area contributed by atoms with Crippen LogP contribution in [0.1, 0.15) is 59.3 Å². The summed E-state index contributed by atoms with van der Waals surface area (Å²) in [6.07, 6.45) is 8.06. The first-order chi connectivity index (χ1) is 12.7. The van der Waals surface area contributed by atoms with Crippen molar-refractivity contribution >= 4 is 29.9 Å². The summed E-state index contributed by atoms with van der Waals surface area (Å²) < 4.78 is 11.5. The minimum Gasteiger partial charge on any atom is -0.379 e. The van der Waals surface area contributed by atoms with Gasteiger partial charge in [0.15, 0.2) is 5.96 Å². The Morgan fingerprint density at radius 1 is 1.26 bits per heavy atom. The summed E-state index contributed by atoms with van der Waals surface area (Å²) in [5, 5.41) is 6.79. The van der Waals surface area contributed by atoms with E-state index in [1.165, 1.54) is 32.1 Å². The van der Waals surface area contributed by atoms with Crippen LogP contribution in [0.4, 0.5) is 0 Å². The van der Waals surface area contributed by atoms with Gasteiger partial charge in [0.25, 0.3) is 0 Å². The first-order valence-electron chi connectivity index (χ1n) is 10.7. The highest BCUT2D eigenvalue weighted by Gasteiger charge is 2.23. The van der Waals surface area contributed by atoms with Crippen LogP contribution < -0.4 is 10.6 Å². The lowest BCUT2D eigenvalue weighted by Crippen LogP contribution is -2.49. The number of guanidine groups is 1. The van der Waals surface area contributed by atoms with Crippen LogP contribution in [0.3, 0.4) is 0 Å². The molecule has 0 spiro atoms. The lowest BCUT2D eigenvalue weighted by Gasteiger charge is -2.37. The summed E-state index contributed by atoms with van der Waals surface area (Å²) in [4.78, 5) is 7.28. The summed E-state index contributed by atoms with van der Waals surface area (Å²) in [5.74, 6) is 0.915. The molecule has 6 nitrogen and oxygen atoms in total. The van der Waals surface area contributed by atoms with Gasteiger partial charge in [-0.3, -0.25) is 9.89 Å². The molecule has 2 atom stereocenters.